The normalized spacial score (nSPS) is 21.1. The molecule has 0 aliphatic heterocycles. The molecule has 3 nitrogen and oxygen atoms in total. The smallest absolute Gasteiger partial charge is 0.221 e. The van der Waals surface area contributed by atoms with Crippen LogP contribution in [-0.2, 0) is 4.79 Å². The predicted octanol–water partition coefficient (Wildman–Crippen LogP) is 1.13. The van der Waals surface area contributed by atoms with Gasteiger partial charge in [-0.05, 0) is 26.0 Å². The van der Waals surface area contributed by atoms with E-state index in [1.54, 1.807) is 0 Å². The van der Waals surface area contributed by atoms with Crippen molar-refractivity contribution in [1.29, 1.82) is 0 Å². The summed E-state index contributed by atoms with van der Waals surface area (Å²) < 4.78 is 0.327. The maximum atomic E-state index is 11.4. The van der Waals surface area contributed by atoms with Gasteiger partial charge in [-0.15, -0.1) is 0 Å². The first-order chi connectivity index (χ1) is 6.58. The maximum Gasteiger partial charge on any atom is 0.221 e. The van der Waals surface area contributed by atoms with Crippen molar-refractivity contribution in [2.75, 3.05) is 12.8 Å². The molecule has 1 amide bonds. The first kappa shape index (κ1) is 11.9. The van der Waals surface area contributed by atoms with Crippen molar-refractivity contribution in [3.63, 3.8) is 0 Å². The van der Waals surface area contributed by atoms with Crippen LogP contribution in [0.25, 0.3) is 0 Å². The van der Waals surface area contributed by atoms with E-state index in [2.05, 4.69) is 11.6 Å². The SMILES string of the molecule is CSC1(CNC(=O)CC(C)N)CCC1. The summed E-state index contributed by atoms with van der Waals surface area (Å²) in [7, 11) is 0. The molecule has 1 unspecified atom stereocenters. The van der Waals surface area contributed by atoms with Gasteiger partial charge in [0.1, 0.15) is 0 Å². The highest BCUT2D eigenvalue weighted by molar-refractivity contribution is 8.00. The molecule has 1 aliphatic carbocycles. The second-order valence-corrected chi connectivity index (χ2v) is 5.47. The summed E-state index contributed by atoms with van der Waals surface area (Å²) in [6, 6.07) is -0.0402. The largest absolute Gasteiger partial charge is 0.355 e. The lowest BCUT2D eigenvalue weighted by molar-refractivity contribution is -0.121. The molecule has 3 N–H and O–H groups in total. The van der Waals surface area contributed by atoms with Crippen LogP contribution in [0.1, 0.15) is 32.6 Å². The Hall–Kier alpha value is -0.220. The molecular weight excluding hydrogens is 196 g/mol. The highest BCUT2D eigenvalue weighted by atomic mass is 32.2. The van der Waals surface area contributed by atoms with Gasteiger partial charge < -0.3 is 11.1 Å². The molecular formula is C10H20N2OS. The first-order valence-corrected chi connectivity index (χ1v) is 6.38. The lowest BCUT2D eigenvalue weighted by Crippen LogP contribution is -2.45. The number of rotatable bonds is 5. The zero-order valence-electron chi connectivity index (χ0n) is 9.01. The molecule has 0 radical (unpaired) electrons. The Kier molecular flexibility index (Phi) is 4.26. The van der Waals surface area contributed by atoms with E-state index in [0.29, 0.717) is 11.2 Å². The van der Waals surface area contributed by atoms with Crippen molar-refractivity contribution >= 4 is 17.7 Å². The van der Waals surface area contributed by atoms with E-state index in [0.717, 1.165) is 6.54 Å². The molecule has 1 saturated carbocycles. The van der Waals surface area contributed by atoms with Gasteiger partial charge >= 0.3 is 0 Å². The molecule has 1 atom stereocenters. The average Bonchev–Trinajstić information content (AvgIpc) is 2.01. The van der Waals surface area contributed by atoms with Crippen molar-refractivity contribution in [3.8, 4) is 0 Å². The molecule has 1 rings (SSSR count). The van der Waals surface area contributed by atoms with Gasteiger partial charge in [0.2, 0.25) is 5.91 Å². The number of carbonyl (C=O) groups excluding carboxylic acids is 1. The topological polar surface area (TPSA) is 55.1 Å². The second kappa shape index (κ2) is 5.03. The molecule has 0 saturated heterocycles. The summed E-state index contributed by atoms with van der Waals surface area (Å²) in [5.41, 5.74) is 5.55. The molecule has 1 aliphatic rings. The number of thioether (sulfide) groups is 1. The van der Waals surface area contributed by atoms with Crippen LogP contribution in [-0.4, -0.2) is 29.5 Å². The first-order valence-electron chi connectivity index (χ1n) is 5.15. The molecule has 1 fully saturated rings. The number of carbonyl (C=O) groups is 1. The van der Waals surface area contributed by atoms with E-state index in [4.69, 9.17) is 5.73 Å². The van der Waals surface area contributed by atoms with Crippen LogP contribution in [0.4, 0.5) is 0 Å². The van der Waals surface area contributed by atoms with E-state index >= 15 is 0 Å². The van der Waals surface area contributed by atoms with Gasteiger partial charge in [0.15, 0.2) is 0 Å². The van der Waals surface area contributed by atoms with Crippen molar-refractivity contribution in [2.45, 2.75) is 43.4 Å². The van der Waals surface area contributed by atoms with E-state index < -0.39 is 0 Å². The monoisotopic (exact) mass is 216 g/mol. The minimum absolute atomic E-state index is 0.0402. The molecule has 0 aromatic carbocycles. The van der Waals surface area contributed by atoms with Crippen LogP contribution in [0.5, 0.6) is 0 Å². The number of nitrogens with two attached hydrogens (primary N) is 1. The van der Waals surface area contributed by atoms with Gasteiger partial charge in [0, 0.05) is 23.8 Å². The molecule has 4 heteroatoms. The molecule has 0 heterocycles. The lowest BCUT2D eigenvalue weighted by atomic mass is 9.84. The predicted molar refractivity (Wildman–Crippen MR) is 61.4 cm³/mol. The number of amides is 1. The summed E-state index contributed by atoms with van der Waals surface area (Å²) in [6.07, 6.45) is 6.31. The molecule has 82 valence electrons. The zero-order valence-corrected chi connectivity index (χ0v) is 9.82. The summed E-state index contributed by atoms with van der Waals surface area (Å²) in [5, 5.41) is 2.97. The van der Waals surface area contributed by atoms with Gasteiger partial charge in [-0.3, -0.25) is 4.79 Å². The van der Waals surface area contributed by atoms with Gasteiger partial charge in [-0.25, -0.2) is 0 Å². The van der Waals surface area contributed by atoms with E-state index in [1.165, 1.54) is 19.3 Å². The Labute approximate surface area is 90.2 Å². The second-order valence-electron chi connectivity index (χ2n) is 4.20. The van der Waals surface area contributed by atoms with Crippen LogP contribution < -0.4 is 11.1 Å². The number of hydrogen-bond donors (Lipinski definition) is 2. The number of hydrogen-bond acceptors (Lipinski definition) is 3. The highest BCUT2D eigenvalue weighted by Gasteiger charge is 2.36. The third-order valence-electron chi connectivity index (χ3n) is 2.81. The van der Waals surface area contributed by atoms with Gasteiger partial charge in [0.25, 0.3) is 0 Å². The Morgan fingerprint density at radius 3 is 2.64 bits per heavy atom. The Balaban J connectivity index is 2.22. The van der Waals surface area contributed by atoms with Crippen LogP contribution in [0.3, 0.4) is 0 Å². The Bertz CT molecular complexity index is 197. The molecule has 0 bridgehead atoms. The van der Waals surface area contributed by atoms with E-state index in [9.17, 15) is 4.79 Å². The fourth-order valence-corrected chi connectivity index (χ4v) is 2.56. The quantitative estimate of drug-likeness (QED) is 0.724. The van der Waals surface area contributed by atoms with Crippen molar-refractivity contribution in [1.82, 2.24) is 5.32 Å². The minimum Gasteiger partial charge on any atom is -0.355 e. The van der Waals surface area contributed by atoms with Crippen LogP contribution in [0.15, 0.2) is 0 Å². The summed E-state index contributed by atoms with van der Waals surface area (Å²) in [4.78, 5) is 11.4. The van der Waals surface area contributed by atoms with Gasteiger partial charge in [-0.1, -0.05) is 6.42 Å². The minimum atomic E-state index is -0.0402. The third kappa shape index (κ3) is 3.17. The van der Waals surface area contributed by atoms with Gasteiger partial charge in [-0.2, -0.15) is 11.8 Å². The molecule has 0 aromatic heterocycles. The van der Waals surface area contributed by atoms with Gasteiger partial charge in [0.05, 0.1) is 0 Å². The third-order valence-corrected chi connectivity index (χ3v) is 4.23. The van der Waals surface area contributed by atoms with Crippen molar-refractivity contribution < 1.29 is 4.79 Å². The fourth-order valence-electron chi connectivity index (χ4n) is 1.65. The summed E-state index contributed by atoms with van der Waals surface area (Å²) in [6.45, 7) is 2.66. The van der Waals surface area contributed by atoms with E-state index in [-0.39, 0.29) is 11.9 Å². The van der Waals surface area contributed by atoms with Crippen LogP contribution in [0, 0.1) is 0 Å². The highest BCUT2D eigenvalue weighted by Crippen LogP contribution is 2.42. The van der Waals surface area contributed by atoms with Crippen LogP contribution >= 0.6 is 11.8 Å². The fraction of sp³-hybridized carbons (Fsp3) is 0.900. The lowest BCUT2D eigenvalue weighted by Gasteiger charge is -2.40. The Morgan fingerprint density at radius 1 is 1.64 bits per heavy atom. The van der Waals surface area contributed by atoms with Crippen LogP contribution in [0.2, 0.25) is 0 Å². The summed E-state index contributed by atoms with van der Waals surface area (Å²) >= 11 is 1.87. The molecule has 14 heavy (non-hydrogen) atoms. The average molecular weight is 216 g/mol. The Morgan fingerprint density at radius 2 is 2.29 bits per heavy atom. The van der Waals surface area contributed by atoms with E-state index in [1.807, 2.05) is 18.7 Å². The molecule has 0 aromatic rings. The van der Waals surface area contributed by atoms with Crippen molar-refractivity contribution in [3.05, 3.63) is 0 Å². The zero-order chi connectivity index (χ0) is 10.6. The molecule has 0 spiro atoms. The summed E-state index contributed by atoms with van der Waals surface area (Å²) in [5.74, 6) is 0.0836. The standard InChI is InChI=1S/C10H20N2OS/c1-8(11)6-9(13)12-7-10(14-2)4-3-5-10/h8H,3-7,11H2,1-2H3,(H,12,13). The van der Waals surface area contributed by atoms with Crippen molar-refractivity contribution in [2.24, 2.45) is 5.73 Å². The number of nitrogens with one attached hydrogen (secondary N) is 1. The maximum absolute atomic E-state index is 11.4.